The highest BCUT2D eigenvalue weighted by molar-refractivity contribution is 7.05. The topological polar surface area (TPSA) is 25.8 Å². The van der Waals surface area contributed by atoms with Gasteiger partial charge < -0.3 is 0 Å². The fourth-order valence-electron chi connectivity index (χ4n) is 0.818. The second-order valence-electron chi connectivity index (χ2n) is 2.95. The van der Waals surface area contributed by atoms with Gasteiger partial charge in [-0.15, -0.1) is 0 Å². The highest BCUT2D eigenvalue weighted by Crippen LogP contribution is 2.14. The van der Waals surface area contributed by atoms with E-state index in [-0.39, 0.29) is 0 Å². The number of hydrogen-bond donors (Lipinski definition) is 0. The highest BCUT2D eigenvalue weighted by Gasteiger charge is 2.05. The van der Waals surface area contributed by atoms with Gasteiger partial charge in [-0.2, -0.15) is 4.37 Å². The Kier molecular flexibility index (Phi) is 3.00. The van der Waals surface area contributed by atoms with Gasteiger partial charge in [-0.25, -0.2) is 4.98 Å². The molecule has 0 saturated heterocycles. The molecule has 0 aliphatic carbocycles. The van der Waals surface area contributed by atoms with Crippen molar-refractivity contribution in [3.63, 3.8) is 0 Å². The number of hydrogen-bond acceptors (Lipinski definition) is 3. The van der Waals surface area contributed by atoms with Crippen molar-refractivity contribution >= 4 is 11.5 Å². The van der Waals surface area contributed by atoms with Crippen molar-refractivity contribution in [3.8, 4) is 0 Å². The molecule has 0 aromatic carbocycles. The van der Waals surface area contributed by atoms with Crippen molar-refractivity contribution in [2.24, 2.45) is 0 Å². The van der Waals surface area contributed by atoms with Crippen molar-refractivity contribution in [1.29, 1.82) is 0 Å². The van der Waals surface area contributed by atoms with E-state index in [0.29, 0.717) is 5.92 Å². The Morgan fingerprint density at radius 1 is 1.45 bits per heavy atom. The summed E-state index contributed by atoms with van der Waals surface area (Å²) >= 11 is 1.54. The van der Waals surface area contributed by atoms with Gasteiger partial charge in [-0.3, -0.25) is 0 Å². The molecule has 11 heavy (non-hydrogen) atoms. The lowest BCUT2D eigenvalue weighted by Crippen LogP contribution is -1.90. The first-order chi connectivity index (χ1) is 5.24. The van der Waals surface area contributed by atoms with Crippen molar-refractivity contribution < 1.29 is 0 Å². The van der Waals surface area contributed by atoms with Gasteiger partial charge in [0.25, 0.3) is 0 Å². The minimum atomic E-state index is 0.469. The lowest BCUT2D eigenvalue weighted by molar-refractivity contribution is 0.784. The van der Waals surface area contributed by atoms with Crippen LogP contribution in [0.1, 0.15) is 43.9 Å². The first kappa shape index (κ1) is 8.65. The molecular weight excluding hydrogens is 156 g/mol. The Morgan fingerprint density at radius 3 is 2.64 bits per heavy atom. The number of aryl methyl sites for hydroxylation is 1. The van der Waals surface area contributed by atoms with Gasteiger partial charge in [0, 0.05) is 12.3 Å². The Bertz CT molecular complexity index is 218. The van der Waals surface area contributed by atoms with Crippen LogP contribution in [0, 0.1) is 0 Å². The number of rotatable bonds is 3. The molecule has 1 aromatic heterocycles. The summed E-state index contributed by atoms with van der Waals surface area (Å²) in [6.07, 6.45) is 2.23. The largest absolute Gasteiger partial charge is 0.224 e. The van der Waals surface area contributed by atoms with E-state index in [0.717, 1.165) is 18.7 Å². The molecule has 0 spiro atoms. The van der Waals surface area contributed by atoms with E-state index < -0.39 is 0 Å². The van der Waals surface area contributed by atoms with E-state index in [1.807, 2.05) is 0 Å². The van der Waals surface area contributed by atoms with E-state index >= 15 is 0 Å². The second-order valence-corrected chi connectivity index (χ2v) is 3.79. The molecule has 0 fully saturated rings. The van der Waals surface area contributed by atoms with Crippen LogP contribution in [0.4, 0.5) is 0 Å². The van der Waals surface area contributed by atoms with Crippen LogP contribution >= 0.6 is 11.5 Å². The van der Waals surface area contributed by atoms with Crippen molar-refractivity contribution in [1.82, 2.24) is 9.36 Å². The van der Waals surface area contributed by atoms with Crippen LogP contribution in [-0.2, 0) is 6.42 Å². The summed E-state index contributed by atoms with van der Waals surface area (Å²) in [5, 5.41) is 1.18. The normalized spacial score (nSPS) is 10.9. The monoisotopic (exact) mass is 170 g/mol. The van der Waals surface area contributed by atoms with Crippen LogP contribution in [0.2, 0.25) is 0 Å². The van der Waals surface area contributed by atoms with E-state index in [4.69, 9.17) is 0 Å². The summed E-state index contributed by atoms with van der Waals surface area (Å²) in [5.74, 6) is 1.47. The summed E-state index contributed by atoms with van der Waals surface area (Å²) in [7, 11) is 0. The molecule has 0 amide bonds. The quantitative estimate of drug-likeness (QED) is 0.697. The van der Waals surface area contributed by atoms with Gasteiger partial charge in [0.05, 0.1) is 0 Å². The second kappa shape index (κ2) is 3.81. The summed E-state index contributed by atoms with van der Waals surface area (Å²) in [6.45, 7) is 6.41. The maximum Gasteiger partial charge on any atom is 0.145 e. The van der Waals surface area contributed by atoms with Crippen LogP contribution in [0.5, 0.6) is 0 Å². The summed E-state index contributed by atoms with van der Waals surface area (Å²) in [4.78, 5) is 4.41. The van der Waals surface area contributed by atoms with E-state index in [2.05, 4.69) is 30.1 Å². The standard InChI is InChI=1S/C8H14N2S/c1-4-5-7-9-8(6(2)3)10-11-7/h6H,4-5H2,1-3H3. The molecule has 62 valence electrons. The summed E-state index contributed by atoms with van der Waals surface area (Å²) in [6, 6.07) is 0. The average molecular weight is 170 g/mol. The van der Waals surface area contributed by atoms with Gasteiger partial charge in [-0.05, 0) is 18.0 Å². The zero-order valence-electron chi connectivity index (χ0n) is 7.29. The number of aromatic nitrogens is 2. The van der Waals surface area contributed by atoms with Gasteiger partial charge in [0.15, 0.2) is 0 Å². The van der Waals surface area contributed by atoms with Crippen molar-refractivity contribution in [2.75, 3.05) is 0 Å². The minimum absolute atomic E-state index is 0.469. The van der Waals surface area contributed by atoms with Gasteiger partial charge in [0.2, 0.25) is 0 Å². The molecule has 2 nitrogen and oxygen atoms in total. The molecule has 0 atom stereocenters. The molecular formula is C8H14N2S. The molecule has 3 heteroatoms. The zero-order valence-corrected chi connectivity index (χ0v) is 8.11. The Hall–Kier alpha value is -0.440. The maximum atomic E-state index is 4.41. The fourth-order valence-corrected chi connectivity index (χ4v) is 1.70. The lowest BCUT2D eigenvalue weighted by atomic mass is 10.2. The van der Waals surface area contributed by atoms with E-state index in [1.54, 1.807) is 11.5 Å². The number of nitrogens with zero attached hydrogens (tertiary/aromatic N) is 2. The molecule has 0 bridgehead atoms. The van der Waals surface area contributed by atoms with Crippen LogP contribution in [0.3, 0.4) is 0 Å². The van der Waals surface area contributed by atoms with Gasteiger partial charge in [-0.1, -0.05) is 20.8 Å². The van der Waals surface area contributed by atoms with Crippen LogP contribution in [0.25, 0.3) is 0 Å². The summed E-state index contributed by atoms with van der Waals surface area (Å²) < 4.78 is 4.26. The van der Waals surface area contributed by atoms with Crippen LogP contribution in [0.15, 0.2) is 0 Å². The lowest BCUT2D eigenvalue weighted by Gasteiger charge is -1.93. The molecule has 0 radical (unpaired) electrons. The molecule has 0 aliphatic heterocycles. The molecule has 0 saturated carbocycles. The first-order valence-corrected chi connectivity index (χ1v) is 4.83. The fraction of sp³-hybridized carbons (Fsp3) is 0.750. The van der Waals surface area contributed by atoms with Crippen LogP contribution < -0.4 is 0 Å². The maximum absolute atomic E-state index is 4.41. The SMILES string of the molecule is CCCc1nc(C(C)C)ns1. The third kappa shape index (κ3) is 2.26. The zero-order chi connectivity index (χ0) is 8.27. The van der Waals surface area contributed by atoms with Crippen LogP contribution in [-0.4, -0.2) is 9.36 Å². The molecule has 0 aliphatic rings. The average Bonchev–Trinajstić information content (AvgIpc) is 2.37. The molecule has 1 rings (SSSR count). The highest BCUT2D eigenvalue weighted by atomic mass is 32.1. The molecule has 0 unspecified atom stereocenters. The van der Waals surface area contributed by atoms with Gasteiger partial charge in [0.1, 0.15) is 10.8 Å². The third-order valence-corrected chi connectivity index (χ3v) is 2.25. The Labute approximate surface area is 71.8 Å². The van der Waals surface area contributed by atoms with Crippen molar-refractivity contribution in [3.05, 3.63) is 10.8 Å². The van der Waals surface area contributed by atoms with Gasteiger partial charge >= 0.3 is 0 Å². The Balaban J connectivity index is 2.66. The first-order valence-electron chi connectivity index (χ1n) is 4.06. The molecule has 1 aromatic rings. The van der Waals surface area contributed by atoms with E-state index in [1.165, 1.54) is 5.01 Å². The minimum Gasteiger partial charge on any atom is -0.224 e. The smallest absolute Gasteiger partial charge is 0.145 e. The van der Waals surface area contributed by atoms with E-state index in [9.17, 15) is 0 Å². The molecule has 0 N–H and O–H groups in total. The molecule has 1 heterocycles. The third-order valence-electron chi connectivity index (χ3n) is 1.46. The summed E-state index contributed by atoms with van der Waals surface area (Å²) in [5.41, 5.74) is 0. The predicted octanol–water partition coefficient (Wildman–Crippen LogP) is 2.61. The van der Waals surface area contributed by atoms with Crippen molar-refractivity contribution in [2.45, 2.75) is 39.5 Å². The Morgan fingerprint density at radius 2 is 2.18 bits per heavy atom. The predicted molar refractivity (Wildman–Crippen MR) is 48.0 cm³/mol.